The summed E-state index contributed by atoms with van der Waals surface area (Å²) in [5, 5.41) is 3.00. The number of nitrogens with zero attached hydrogens (tertiary/aromatic N) is 3. The number of aromatic nitrogens is 2. The zero-order chi connectivity index (χ0) is 19.4. The third-order valence-electron chi connectivity index (χ3n) is 4.44. The number of aryl methyl sites for hydroxylation is 3. The topological polar surface area (TPSA) is 58.1 Å². The van der Waals surface area contributed by atoms with Gasteiger partial charge in [-0.25, -0.2) is 9.97 Å². The van der Waals surface area contributed by atoms with Crippen LogP contribution in [-0.4, -0.2) is 22.4 Å². The Kier molecular flexibility index (Phi) is 5.50. The normalized spacial score (nSPS) is 10.5. The van der Waals surface area contributed by atoms with E-state index in [1.165, 1.54) is 0 Å². The van der Waals surface area contributed by atoms with E-state index >= 15 is 0 Å². The third-order valence-corrected chi connectivity index (χ3v) is 4.44. The number of benzene rings is 2. The summed E-state index contributed by atoms with van der Waals surface area (Å²) in [5.41, 5.74) is 4.26. The zero-order valence-corrected chi connectivity index (χ0v) is 16.2. The van der Waals surface area contributed by atoms with Crippen molar-refractivity contribution < 1.29 is 4.79 Å². The Balaban J connectivity index is 1.94. The van der Waals surface area contributed by atoms with Crippen molar-refractivity contribution in [2.75, 3.05) is 16.8 Å². The second-order valence-corrected chi connectivity index (χ2v) is 6.46. The van der Waals surface area contributed by atoms with E-state index in [0.717, 1.165) is 29.0 Å². The number of para-hydroxylation sites is 2. The van der Waals surface area contributed by atoms with E-state index in [4.69, 9.17) is 0 Å². The van der Waals surface area contributed by atoms with Crippen LogP contribution in [0.5, 0.6) is 0 Å². The first kappa shape index (κ1) is 18.6. The number of nitrogens with one attached hydrogen (secondary N) is 1. The summed E-state index contributed by atoms with van der Waals surface area (Å²) >= 11 is 0. The highest BCUT2D eigenvalue weighted by atomic mass is 16.1. The molecule has 0 aliphatic carbocycles. The highest BCUT2D eigenvalue weighted by Crippen LogP contribution is 2.25. The Morgan fingerprint density at radius 2 is 1.63 bits per heavy atom. The number of amides is 1. The molecule has 0 unspecified atom stereocenters. The molecule has 1 heterocycles. The van der Waals surface area contributed by atoms with E-state index in [1.807, 2.05) is 62.4 Å². The van der Waals surface area contributed by atoms with Crippen LogP contribution in [0.4, 0.5) is 17.2 Å². The fourth-order valence-corrected chi connectivity index (χ4v) is 3.08. The van der Waals surface area contributed by atoms with Crippen LogP contribution in [0.2, 0.25) is 0 Å². The highest BCUT2D eigenvalue weighted by Gasteiger charge is 2.16. The van der Waals surface area contributed by atoms with Crippen molar-refractivity contribution in [2.45, 2.75) is 27.7 Å². The second kappa shape index (κ2) is 7.99. The Hall–Kier alpha value is -3.21. The Morgan fingerprint density at radius 1 is 0.963 bits per heavy atom. The molecule has 0 atom stereocenters. The molecule has 0 saturated heterocycles. The molecule has 0 aliphatic rings. The number of hydrogen-bond acceptors (Lipinski definition) is 4. The summed E-state index contributed by atoms with van der Waals surface area (Å²) in [6, 6.07) is 17.7. The maximum absolute atomic E-state index is 12.9. The molecule has 3 aromatic rings. The lowest BCUT2D eigenvalue weighted by molar-refractivity contribution is 0.102. The molecule has 27 heavy (non-hydrogen) atoms. The quantitative estimate of drug-likeness (QED) is 0.709. The fraction of sp³-hybridized carbons (Fsp3) is 0.227. The van der Waals surface area contributed by atoms with Gasteiger partial charge in [-0.3, -0.25) is 4.79 Å². The van der Waals surface area contributed by atoms with E-state index < -0.39 is 0 Å². The Morgan fingerprint density at radius 3 is 2.26 bits per heavy atom. The van der Waals surface area contributed by atoms with Crippen molar-refractivity contribution in [3.05, 3.63) is 77.2 Å². The van der Waals surface area contributed by atoms with Crippen LogP contribution in [0.3, 0.4) is 0 Å². The molecular formula is C22H24N4O. The van der Waals surface area contributed by atoms with Crippen molar-refractivity contribution in [2.24, 2.45) is 0 Å². The molecule has 1 aromatic heterocycles. The molecule has 1 amide bonds. The van der Waals surface area contributed by atoms with E-state index in [1.54, 1.807) is 13.0 Å². The van der Waals surface area contributed by atoms with Gasteiger partial charge in [0, 0.05) is 24.0 Å². The smallest absolute Gasteiger partial charge is 0.274 e. The summed E-state index contributed by atoms with van der Waals surface area (Å²) in [4.78, 5) is 23.8. The van der Waals surface area contributed by atoms with E-state index in [0.29, 0.717) is 17.3 Å². The van der Waals surface area contributed by atoms with Crippen molar-refractivity contribution >= 4 is 23.1 Å². The average molecular weight is 360 g/mol. The molecule has 0 radical (unpaired) electrons. The van der Waals surface area contributed by atoms with Gasteiger partial charge in [-0.1, -0.05) is 36.4 Å². The van der Waals surface area contributed by atoms with Gasteiger partial charge in [-0.05, 0) is 51.0 Å². The van der Waals surface area contributed by atoms with Gasteiger partial charge < -0.3 is 10.2 Å². The molecule has 0 aliphatic heterocycles. The first-order valence-electron chi connectivity index (χ1n) is 9.05. The molecule has 0 bridgehead atoms. The lowest BCUT2D eigenvalue weighted by Gasteiger charge is -2.22. The minimum atomic E-state index is -0.233. The summed E-state index contributed by atoms with van der Waals surface area (Å²) in [5.74, 6) is 1.04. The zero-order valence-electron chi connectivity index (χ0n) is 16.2. The van der Waals surface area contributed by atoms with Gasteiger partial charge in [0.2, 0.25) is 0 Å². The maximum atomic E-state index is 12.9. The first-order valence-corrected chi connectivity index (χ1v) is 9.05. The minimum Gasteiger partial charge on any atom is -0.327 e. The van der Waals surface area contributed by atoms with Crippen molar-refractivity contribution in [3.8, 4) is 0 Å². The maximum Gasteiger partial charge on any atom is 0.274 e. The summed E-state index contributed by atoms with van der Waals surface area (Å²) in [6.07, 6.45) is 0. The molecule has 3 rings (SSSR count). The van der Waals surface area contributed by atoms with Crippen LogP contribution < -0.4 is 10.2 Å². The van der Waals surface area contributed by atoms with E-state index in [-0.39, 0.29) is 5.91 Å². The van der Waals surface area contributed by atoms with Crippen molar-refractivity contribution in [1.29, 1.82) is 0 Å². The van der Waals surface area contributed by atoms with Crippen molar-refractivity contribution in [1.82, 2.24) is 9.97 Å². The molecule has 5 heteroatoms. The molecule has 0 fully saturated rings. The predicted octanol–water partition coefficient (Wildman–Crippen LogP) is 4.81. The number of rotatable bonds is 5. The average Bonchev–Trinajstić information content (AvgIpc) is 2.66. The monoisotopic (exact) mass is 360 g/mol. The largest absolute Gasteiger partial charge is 0.327 e. The van der Waals surface area contributed by atoms with E-state index in [2.05, 4.69) is 27.1 Å². The molecule has 0 spiro atoms. The number of hydrogen-bond donors (Lipinski definition) is 1. The van der Waals surface area contributed by atoms with Crippen LogP contribution in [0.25, 0.3) is 0 Å². The van der Waals surface area contributed by atoms with Gasteiger partial charge in [-0.2, -0.15) is 0 Å². The van der Waals surface area contributed by atoms with Crippen LogP contribution in [0.15, 0.2) is 54.6 Å². The lowest BCUT2D eigenvalue weighted by Crippen LogP contribution is -2.21. The number of carbonyl (C=O) groups is 1. The van der Waals surface area contributed by atoms with Crippen LogP contribution in [-0.2, 0) is 0 Å². The van der Waals surface area contributed by atoms with Gasteiger partial charge in [0.05, 0.1) is 0 Å². The van der Waals surface area contributed by atoms with Gasteiger partial charge in [0.1, 0.15) is 17.3 Å². The standard InChI is InChI=1S/C22H24N4O/c1-5-26(18-12-7-6-8-13-18)20-14-19(23-17(4)24-20)22(27)25-21-15(2)10-9-11-16(21)3/h6-14H,5H2,1-4H3,(H,25,27). The Bertz CT molecular complexity index is 934. The fourth-order valence-electron chi connectivity index (χ4n) is 3.08. The van der Waals surface area contributed by atoms with Crippen LogP contribution in [0.1, 0.15) is 34.4 Å². The van der Waals surface area contributed by atoms with Gasteiger partial charge in [-0.15, -0.1) is 0 Å². The molecular weight excluding hydrogens is 336 g/mol. The predicted molar refractivity (Wildman–Crippen MR) is 110 cm³/mol. The minimum absolute atomic E-state index is 0.233. The molecule has 5 nitrogen and oxygen atoms in total. The Labute approximate surface area is 160 Å². The first-order chi connectivity index (χ1) is 13.0. The lowest BCUT2D eigenvalue weighted by atomic mass is 10.1. The van der Waals surface area contributed by atoms with Gasteiger partial charge in [0.15, 0.2) is 0 Å². The molecule has 2 aromatic carbocycles. The SMILES string of the molecule is CCN(c1ccccc1)c1cc(C(=O)Nc2c(C)cccc2C)nc(C)n1. The summed E-state index contributed by atoms with van der Waals surface area (Å²) in [6.45, 7) is 8.55. The highest BCUT2D eigenvalue weighted by molar-refractivity contribution is 6.04. The van der Waals surface area contributed by atoms with Crippen molar-refractivity contribution in [3.63, 3.8) is 0 Å². The number of anilines is 3. The molecule has 0 saturated carbocycles. The van der Waals surface area contributed by atoms with E-state index in [9.17, 15) is 4.79 Å². The summed E-state index contributed by atoms with van der Waals surface area (Å²) < 4.78 is 0. The van der Waals surface area contributed by atoms with Crippen LogP contribution in [0, 0.1) is 20.8 Å². The van der Waals surface area contributed by atoms with Gasteiger partial charge >= 0.3 is 0 Å². The molecule has 1 N–H and O–H groups in total. The van der Waals surface area contributed by atoms with Crippen LogP contribution >= 0.6 is 0 Å². The second-order valence-electron chi connectivity index (χ2n) is 6.46. The molecule has 138 valence electrons. The van der Waals surface area contributed by atoms with Gasteiger partial charge in [0.25, 0.3) is 5.91 Å². The third kappa shape index (κ3) is 4.14. The number of carbonyl (C=O) groups excluding carboxylic acids is 1. The summed E-state index contributed by atoms with van der Waals surface area (Å²) in [7, 11) is 0.